The van der Waals surface area contributed by atoms with Gasteiger partial charge in [-0.25, -0.2) is 10.4 Å². The van der Waals surface area contributed by atoms with Gasteiger partial charge in [0.25, 0.3) is 11.8 Å². The zero-order chi connectivity index (χ0) is 30.2. The molecule has 216 valence electrons. The van der Waals surface area contributed by atoms with E-state index in [-0.39, 0.29) is 18.4 Å². The van der Waals surface area contributed by atoms with Gasteiger partial charge in [0, 0.05) is 32.9 Å². The topological polar surface area (TPSA) is 105 Å². The van der Waals surface area contributed by atoms with Crippen molar-refractivity contribution in [2.45, 2.75) is 13.8 Å². The van der Waals surface area contributed by atoms with Gasteiger partial charge in [-0.15, -0.1) is 11.3 Å². The molecule has 0 atom stereocenters. The number of nitrogens with zero attached hydrogens (tertiary/aromatic N) is 2. The van der Waals surface area contributed by atoms with Crippen LogP contribution in [0.25, 0.3) is 11.3 Å². The second kappa shape index (κ2) is 13.8. The zero-order valence-electron chi connectivity index (χ0n) is 23.4. The monoisotopic (exact) mass is 609 g/mol. The number of rotatable bonds is 10. The van der Waals surface area contributed by atoms with E-state index in [1.165, 1.54) is 23.1 Å². The van der Waals surface area contributed by atoms with Gasteiger partial charge in [-0.2, -0.15) is 5.10 Å². The number of aromatic nitrogens is 1. The second-order valence-corrected chi connectivity index (χ2v) is 10.9. The van der Waals surface area contributed by atoms with Crippen LogP contribution in [-0.4, -0.2) is 29.6 Å². The molecule has 43 heavy (non-hydrogen) atoms. The summed E-state index contributed by atoms with van der Waals surface area (Å²) in [6, 6.07) is 27.6. The van der Waals surface area contributed by atoms with Crippen LogP contribution in [0.4, 0.5) is 16.5 Å². The van der Waals surface area contributed by atoms with E-state index in [1.807, 2.05) is 61.7 Å². The minimum Gasteiger partial charge on any atom is -0.484 e. The quantitative estimate of drug-likeness (QED) is 0.112. The van der Waals surface area contributed by atoms with Crippen LogP contribution in [0.3, 0.4) is 0 Å². The van der Waals surface area contributed by atoms with E-state index >= 15 is 0 Å². The van der Waals surface area contributed by atoms with Crippen LogP contribution in [0.5, 0.6) is 5.75 Å². The van der Waals surface area contributed by atoms with Crippen molar-refractivity contribution in [3.05, 3.63) is 124 Å². The Kier molecular flexibility index (Phi) is 9.46. The third-order valence-electron chi connectivity index (χ3n) is 6.34. The van der Waals surface area contributed by atoms with Crippen LogP contribution in [0, 0.1) is 13.8 Å². The molecule has 1 aromatic heterocycles. The van der Waals surface area contributed by atoms with Gasteiger partial charge in [0.15, 0.2) is 11.7 Å². The van der Waals surface area contributed by atoms with Crippen molar-refractivity contribution in [1.82, 2.24) is 10.4 Å². The number of nitrogens with one attached hydrogen (secondary N) is 3. The van der Waals surface area contributed by atoms with E-state index in [9.17, 15) is 9.59 Å². The maximum Gasteiger partial charge on any atom is 0.271 e. The average Bonchev–Trinajstić information content (AvgIpc) is 3.48. The summed E-state index contributed by atoms with van der Waals surface area (Å²) in [5, 5.41) is 13.5. The Morgan fingerprint density at radius 2 is 1.65 bits per heavy atom. The van der Waals surface area contributed by atoms with Crippen molar-refractivity contribution in [3.63, 3.8) is 0 Å². The first-order chi connectivity index (χ1) is 20.8. The number of carbonyl (C=O) groups excluding carboxylic acids is 2. The summed E-state index contributed by atoms with van der Waals surface area (Å²) in [7, 11) is 0. The van der Waals surface area contributed by atoms with Crippen LogP contribution in [0.1, 0.15) is 27.0 Å². The fraction of sp³-hybridized carbons (Fsp3) is 0.0909. The lowest BCUT2D eigenvalue weighted by Gasteiger charge is -2.08. The third-order valence-corrected chi connectivity index (χ3v) is 7.50. The summed E-state index contributed by atoms with van der Waals surface area (Å²) < 4.78 is 5.56. The molecule has 0 spiro atoms. The highest BCUT2D eigenvalue weighted by Gasteiger charge is 2.09. The lowest BCUT2D eigenvalue weighted by molar-refractivity contribution is -0.118. The Morgan fingerprint density at radius 3 is 2.37 bits per heavy atom. The van der Waals surface area contributed by atoms with Gasteiger partial charge >= 0.3 is 0 Å². The Bertz CT molecular complexity index is 1750. The molecule has 0 fully saturated rings. The lowest BCUT2D eigenvalue weighted by Crippen LogP contribution is -2.20. The number of carbonyl (C=O) groups is 2. The fourth-order valence-corrected chi connectivity index (χ4v) is 4.83. The Morgan fingerprint density at radius 1 is 0.930 bits per heavy atom. The van der Waals surface area contributed by atoms with E-state index in [2.05, 4.69) is 26.1 Å². The number of halogens is 1. The minimum absolute atomic E-state index is 0.151. The molecule has 0 unspecified atom stereocenters. The summed E-state index contributed by atoms with van der Waals surface area (Å²) in [4.78, 5) is 29.4. The van der Waals surface area contributed by atoms with Crippen molar-refractivity contribution in [1.29, 1.82) is 0 Å². The Labute approximate surface area is 258 Å². The van der Waals surface area contributed by atoms with Crippen molar-refractivity contribution in [2.24, 2.45) is 5.10 Å². The van der Waals surface area contributed by atoms with Crippen LogP contribution in [0.2, 0.25) is 5.02 Å². The maximum atomic E-state index is 12.6. The van der Waals surface area contributed by atoms with E-state index in [4.69, 9.17) is 16.3 Å². The molecule has 0 aliphatic carbocycles. The van der Waals surface area contributed by atoms with Crippen LogP contribution in [0.15, 0.2) is 101 Å². The van der Waals surface area contributed by atoms with Crippen LogP contribution < -0.4 is 20.8 Å². The van der Waals surface area contributed by atoms with Gasteiger partial charge < -0.3 is 15.4 Å². The molecular weight excluding hydrogens is 582 g/mol. The van der Waals surface area contributed by atoms with Gasteiger partial charge in [0.1, 0.15) is 5.75 Å². The maximum absolute atomic E-state index is 12.6. The number of thiazole rings is 1. The molecule has 3 N–H and O–H groups in total. The first-order valence-corrected chi connectivity index (χ1v) is 14.6. The van der Waals surface area contributed by atoms with Crippen molar-refractivity contribution < 1.29 is 14.3 Å². The number of hydrazone groups is 1. The summed E-state index contributed by atoms with van der Waals surface area (Å²) in [5.41, 5.74) is 9.22. The normalized spacial score (nSPS) is 10.9. The molecular formula is C33H28ClN5O3S. The number of ether oxygens (including phenoxy) is 1. The summed E-state index contributed by atoms with van der Waals surface area (Å²) in [5.74, 6) is -0.104. The van der Waals surface area contributed by atoms with Crippen molar-refractivity contribution >= 4 is 57.5 Å². The van der Waals surface area contributed by atoms with E-state index in [0.29, 0.717) is 22.0 Å². The fourth-order valence-electron chi connectivity index (χ4n) is 3.91. The number of benzene rings is 4. The van der Waals surface area contributed by atoms with E-state index in [0.717, 1.165) is 33.2 Å². The smallest absolute Gasteiger partial charge is 0.271 e. The van der Waals surface area contributed by atoms with Gasteiger partial charge in [0.2, 0.25) is 0 Å². The number of aryl methyl sites for hydroxylation is 2. The molecule has 5 aromatic rings. The molecule has 0 bridgehead atoms. The first-order valence-electron chi connectivity index (χ1n) is 13.3. The summed E-state index contributed by atoms with van der Waals surface area (Å²) in [6.07, 6.45) is 1.53. The highest BCUT2D eigenvalue weighted by Crippen LogP contribution is 2.27. The predicted molar refractivity (Wildman–Crippen MR) is 174 cm³/mol. The molecule has 0 saturated heterocycles. The number of amides is 2. The van der Waals surface area contributed by atoms with Gasteiger partial charge in [-0.3, -0.25) is 9.59 Å². The lowest BCUT2D eigenvalue weighted by atomic mass is 10.1. The van der Waals surface area contributed by atoms with Gasteiger partial charge in [0.05, 0.1) is 11.9 Å². The standard InChI is InChI=1S/C33H28ClN5O3S/c1-21-3-12-26(13-4-21)37-33-38-30(20-43-33)24-8-10-25(11-9-24)32(41)39-35-18-23-6-15-28(16-7-23)42-19-31(40)36-27-14-5-22(2)29(34)17-27/h3-18,20H,19H2,1-2H3,(H,36,40)(H,37,38)(H,39,41)/b35-18+. The predicted octanol–water partition coefficient (Wildman–Crippen LogP) is 7.61. The van der Waals surface area contributed by atoms with Gasteiger partial charge in [-0.1, -0.05) is 47.5 Å². The SMILES string of the molecule is Cc1ccc(Nc2nc(-c3ccc(C(=O)N/N=C/c4ccc(OCC(=O)Nc5ccc(C)c(Cl)c5)cc4)cc3)cs2)cc1. The molecule has 0 aliphatic heterocycles. The Hall–Kier alpha value is -4.99. The third kappa shape index (κ3) is 8.28. The molecule has 0 aliphatic rings. The summed E-state index contributed by atoms with van der Waals surface area (Å²) >= 11 is 7.62. The number of hydrogen-bond donors (Lipinski definition) is 3. The van der Waals surface area contributed by atoms with Crippen molar-refractivity contribution in [2.75, 3.05) is 17.2 Å². The highest BCUT2D eigenvalue weighted by molar-refractivity contribution is 7.14. The molecule has 0 saturated carbocycles. The largest absolute Gasteiger partial charge is 0.484 e. The number of hydrogen-bond acceptors (Lipinski definition) is 7. The Balaban J connectivity index is 1.08. The van der Waals surface area contributed by atoms with Crippen LogP contribution in [-0.2, 0) is 4.79 Å². The first kappa shape index (κ1) is 29.5. The minimum atomic E-state index is -0.330. The zero-order valence-corrected chi connectivity index (χ0v) is 25.0. The van der Waals surface area contributed by atoms with E-state index in [1.54, 1.807) is 48.5 Å². The molecule has 2 amide bonds. The molecule has 4 aromatic carbocycles. The highest BCUT2D eigenvalue weighted by atomic mass is 35.5. The molecule has 0 radical (unpaired) electrons. The summed E-state index contributed by atoms with van der Waals surface area (Å²) in [6.45, 7) is 3.79. The second-order valence-electron chi connectivity index (χ2n) is 9.68. The molecule has 10 heteroatoms. The van der Waals surface area contributed by atoms with Gasteiger partial charge in [-0.05, 0) is 85.6 Å². The number of anilines is 3. The van der Waals surface area contributed by atoms with E-state index < -0.39 is 0 Å². The average molecular weight is 610 g/mol. The van der Waals surface area contributed by atoms with Crippen molar-refractivity contribution in [3.8, 4) is 17.0 Å². The molecule has 1 heterocycles. The van der Waals surface area contributed by atoms with Crippen LogP contribution >= 0.6 is 22.9 Å². The molecule has 5 rings (SSSR count). The molecule has 8 nitrogen and oxygen atoms in total.